The van der Waals surface area contributed by atoms with Crippen LogP contribution >= 0.6 is 0 Å². The number of carbonyl (C=O) groups excluding carboxylic acids is 1. The number of hydrogen-bond acceptors (Lipinski definition) is 5. The van der Waals surface area contributed by atoms with Gasteiger partial charge in [0.25, 0.3) is 5.69 Å². The highest BCUT2D eigenvalue weighted by atomic mass is 16.6. The first-order chi connectivity index (χ1) is 12.8. The second kappa shape index (κ2) is 5.63. The zero-order chi connectivity index (χ0) is 19.3. The lowest BCUT2D eigenvalue weighted by atomic mass is 9.76. The van der Waals surface area contributed by atoms with E-state index < -0.39 is 27.7 Å². The van der Waals surface area contributed by atoms with Crippen LogP contribution in [0.15, 0.2) is 42.5 Å². The molecule has 2 aromatic carbocycles. The summed E-state index contributed by atoms with van der Waals surface area (Å²) in [5, 5.41) is 25.9. The third-order valence-electron chi connectivity index (χ3n) is 4.94. The molecule has 0 spiro atoms. The smallest absolute Gasteiger partial charge is 0.293 e. The van der Waals surface area contributed by atoms with Crippen molar-refractivity contribution in [2.45, 2.75) is 12.3 Å². The molecule has 1 aromatic heterocycles. The molecule has 0 unspecified atom stereocenters. The molecule has 9 heteroatoms. The van der Waals surface area contributed by atoms with Gasteiger partial charge in [-0.15, -0.1) is 0 Å². The van der Waals surface area contributed by atoms with E-state index in [1.165, 1.54) is 19.1 Å². The van der Waals surface area contributed by atoms with Crippen LogP contribution in [0.25, 0.3) is 22.2 Å². The predicted octanol–water partition coefficient (Wildman–Crippen LogP) is 3.23. The third kappa shape index (κ3) is 2.35. The van der Waals surface area contributed by atoms with Gasteiger partial charge >= 0.3 is 0 Å². The number of nitro benzene ring substituents is 1. The van der Waals surface area contributed by atoms with Gasteiger partial charge in [-0.1, -0.05) is 30.3 Å². The highest BCUT2D eigenvalue weighted by Crippen LogP contribution is 2.47. The normalized spacial score (nSPS) is 18.3. The van der Waals surface area contributed by atoms with Crippen molar-refractivity contribution < 1.29 is 14.6 Å². The molecule has 3 aromatic rings. The summed E-state index contributed by atoms with van der Waals surface area (Å²) in [5.41, 5.74) is 0.568. The Bertz CT molecular complexity index is 1120. The minimum Gasteiger partial charge on any atom is -0.349 e. The Hall–Kier alpha value is -3.75. The summed E-state index contributed by atoms with van der Waals surface area (Å²) in [6.45, 7) is 0.857. The maximum absolute atomic E-state index is 12.8. The maximum atomic E-state index is 12.8. The molecule has 2 heterocycles. The number of carbonyl (C=O) groups is 1. The lowest BCUT2D eigenvalue weighted by molar-refractivity contribution is -0.487. The molecule has 4 rings (SSSR count). The second-order valence-corrected chi connectivity index (χ2v) is 6.66. The fraction of sp³-hybridized carbons (Fsp3) is 0.167. The molecule has 2 N–H and O–H groups in total. The molecule has 1 aliphatic rings. The summed E-state index contributed by atoms with van der Waals surface area (Å²) in [7, 11) is 0. The number of benzene rings is 2. The van der Waals surface area contributed by atoms with Crippen LogP contribution in [0.2, 0.25) is 0 Å². The molecule has 136 valence electrons. The molecule has 27 heavy (non-hydrogen) atoms. The topological polar surface area (TPSA) is 131 Å². The first kappa shape index (κ1) is 16.7. The van der Waals surface area contributed by atoms with Crippen molar-refractivity contribution in [2.75, 3.05) is 11.9 Å². The van der Waals surface area contributed by atoms with Crippen LogP contribution in [0, 0.1) is 20.2 Å². The molecule has 0 bridgehead atoms. The highest BCUT2D eigenvalue weighted by molar-refractivity contribution is 6.17. The van der Waals surface area contributed by atoms with Crippen LogP contribution in [-0.4, -0.2) is 27.3 Å². The number of nitrogens with one attached hydrogen (secondary N) is 2. The van der Waals surface area contributed by atoms with Crippen molar-refractivity contribution in [1.82, 2.24) is 4.98 Å². The Morgan fingerprint density at radius 2 is 1.78 bits per heavy atom. The molecular weight excluding hydrogens is 352 g/mol. The number of amides is 1. The number of rotatable bonds is 4. The average Bonchev–Trinajstić information content (AvgIpc) is 3.02. The molecule has 1 aliphatic heterocycles. The number of non-ortho nitro benzene ring substituents is 1. The van der Waals surface area contributed by atoms with Crippen LogP contribution in [0.4, 0.5) is 11.4 Å². The number of aromatic nitrogens is 1. The summed E-state index contributed by atoms with van der Waals surface area (Å²) in [4.78, 5) is 37.6. The minimum atomic E-state index is -1.48. The van der Waals surface area contributed by atoms with Gasteiger partial charge in [0.2, 0.25) is 12.5 Å². The molecular formula is C18H14N4O5. The van der Waals surface area contributed by atoms with Gasteiger partial charge in [0.1, 0.15) is 10.9 Å². The lowest BCUT2D eigenvalue weighted by Crippen LogP contribution is -2.45. The summed E-state index contributed by atoms with van der Waals surface area (Å²) >= 11 is 0. The quantitative estimate of drug-likeness (QED) is 0.540. The van der Waals surface area contributed by atoms with Gasteiger partial charge in [0, 0.05) is 21.9 Å². The standard InChI is InChI=1S/C18H14N4O5/c1-18(9-21(24)25)14-13-11(19-17(18)23)7-8-12(22(26)27)16(13)20-15(14)10-5-3-2-4-6-10/h2-8,20H,9H2,1H3,(H,19,23)/t18-/m1/s1. The van der Waals surface area contributed by atoms with Gasteiger partial charge in [-0.25, -0.2) is 0 Å². The molecule has 0 radical (unpaired) electrons. The van der Waals surface area contributed by atoms with Gasteiger partial charge in [0.15, 0.2) is 0 Å². The van der Waals surface area contributed by atoms with Crippen LogP contribution in [0.3, 0.4) is 0 Å². The second-order valence-electron chi connectivity index (χ2n) is 6.66. The molecule has 0 saturated carbocycles. The number of hydrogen-bond donors (Lipinski definition) is 2. The van der Waals surface area contributed by atoms with E-state index in [-0.39, 0.29) is 11.2 Å². The van der Waals surface area contributed by atoms with Crippen LogP contribution < -0.4 is 5.32 Å². The third-order valence-corrected chi connectivity index (χ3v) is 4.94. The highest BCUT2D eigenvalue weighted by Gasteiger charge is 2.48. The summed E-state index contributed by atoms with van der Waals surface area (Å²) < 4.78 is 0. The van der Waals surface area contributed by atoms with Gasteiger partial charge < -0.3 is 10.3 Å². The largest absolute Gasteiger partial charge is 0.349 e. The first-order valence-corrected chi connectivity index (χ1v) is 8.15. The SMILES string of the molecule is C[C@]1(C[N+](=O)[O-])C(=O)Nc2ccc([N+](=O)[O-])c3[nH]c(-c4ccccc4)c1c23. The van der Waals surface area contributed by atoms with Gasteiger partial charge in [0.05, 0.1) is 16.3 Å². The summed E-state index contributed by atoms with van der Waals surface area (Å²) in [5.74, 6) is -0.515. The van der Waals surface area contributed by atoms with Crippen LogP contribution in [-0.2, 0) is 10.2 Å². The molecule has 1 atom stereocenters. The fourth-order valence-electron chi connectivity index (χ4n) is 3.70. The van der Waals surface area contributed by atoms with Crippen molar-refractivity contribution in [3.63, 3.8) is 0 Å². The minimum absolute atomic E-state index is 0.156. The van der Waals surface area contributed by atoms with Crippen molar-refractivity contribution >= 4 is 28.2 Å². The van der Waals surface area contributed by atoms with E-state index in [9.17, 15) is 25.0 Å². The van der Waals surface area contributed by atoms with E-state index in [1.807, 2.05) is 6.07 Å². The molecule has 0 fully saturated rings. The summed E-state index contributed by atoms with van der Waals surface area (Å²) in [6, 6.07) is 11.7. The zero-order valence-electron chi connectivity index (χ0n) is 14.2. The average molecular weight is 366 g/mol. The molecule has 0 aliphatic carbocycles. The van der Waals surface area contributed by atoms with Crippen molar-refractivity contribution in [1.29, 1.82) is 0 Å². The Labute approximate surface area is 152 Å². The Kier molecular flexibility index (Phi) is 3.48. The predicted molar refractivity (Wildman–Crippen MR) is 98.2 cm³/mol. The lowest BCUT2D eigenvalue weighted by Gasteiger charge is -2.30. The number of aromatic amines is 1. The van der Waals surface area contributed by atoms with E-state index in [0.29, 0.717) is 27.9 Å². The number of nitro groups is 2. The first-order valence-electron chi connectivity index (χ1n) is 8.15. The number of anilines is 1. The Morgan fingerprint density at radius 1 is 1.07 bits per heavy atom. The van der Waals surface area contributed by atoms with Crippen molar-refractivity contribution in [3.8, 4) is 11.3 Å². The molecule has 1 amide bonds. The van der Waals surface area contributed by atoms with E-state index >= 15 is 0 Å². The van der Waals surface area contributed by atoms with Gasteiger partial charge in [-0.3, -0.25) is 25.0 Å². The van der Waals surface area contributed by atoms with Gasteiger partial charge in [-0.05, 0) is 18.6 Å². The van der Waals surface area contributed by atoms with E-state index in [1.54, 1.807) is 24.3 Å². The van der Waals surface area contributed by atoms with Crippen LogP contribution in [0.5, 0.6) is 0 Å². The summed E-state index contributed by atoms with van der Waals surface area (Å²) in [6.07, 6.45) is 0. The van der Waals surface area contributed by atoms with E-state index in [4.69, 9.17) is 0 Å². The Morgan fingerprint density at radius 3 is 2.41 bits per heavy atom. The fourth-order valence-corrected chi connectivity index (χ4v) is 3.70. The Balaban J connectivity index is 2.15. The molecule has 0 saturated heterocycles. The van der Waals surface area contributed by atoms with Crippen molar-refractivity contribution in [3.05, 3.63) is 68.3 Å². The van der Waals surface area contributed by atoms with Crippen LogP contribution in [0.1, 0.15) is 12.5 Å². The van der Waals surface area contributed by atoms with E-state index in [0.717, 1.165) is 0 Å². The molecule has 9 nitrogen and oxygen atoms in total. The number of H-pyrrole nitrogens is 1. The monoisotopic (exact) mass is 366 g/mol. The number of nitrogens with zero attached hydrogens (tertiary/aromatic N) is 2. The zero-order valence-corrected chi connectivity index (χ0v) is 14.2. The van der Waals surface area contributed by atoms with Crippen molar-refractivity contribution in [2.24, 2.45) is 0 Å². The maximum Gasteiger partial charge on any atom is 0.293 e. The van der Waals surface area contributed by atoms with Gasteiger partial charge in [-0.2, -0.15) is 0 Å². The van der Waals surface area contributed by atoms with E-state index in [2.05, 4.69) is 10.3 Å².